The number of fused-ring (bicyclic) bond motifs is 1. The molecule has 0 bridgehead atoms. The van der Waals surface area contributed by atoms with Crippen LogP contribution in [0, 0.1) is 0 Å². The Morgan fingerprint density at radius 1 is 0.846 bits per heavy atom. The Labute approximate surface area is 308 Å². The minimum atomic E-state index is -3.99. The van der Waals surface area contributed by atoms with Crippen LogP contribution in [0.1, 0.15) is 33.1 Å². The number of halogens is 1. The zero-order chi connectivity index (χ0) is 36.4. The summed E-state index contributed by atoms with van der Waals surface area (Å²) >= 11 is 6.56. The third kappa shape index (κ3) is 7.62. The number of phenolic OH excluding ortho intramolecular Hbond substituents is 2. The SMILES string of the molecule is CS(=O)(=O)OC1CN(c2ccccc2Cl)CCN1C(=O)c1c(C(c2ccc(O)cc2)c2ccc(O)cc2)c2ccccc2n1CCN1CCOCC1. The molecule has 0 aliphatic carbocycles. The van der Waals surface area contributed by atoms with Crippen LogP contribution in [0.15, 0.2) is 97.1 Å². The van der Waals surface area contributed by atoms with Crippen molar-refractivity contribution < 1.29 is 32.3 Å². The molecule has 5 aromatic rings. The molecule has 1 amide bonds. The molecular weight excluding hydrogens is 704 g/mol. The molecule has 1 unspecified atom stereocenters. The van der Waals surface area contributed by atoms with E-state index >= 15 is 4.79 Å². The number of aromatic hydroxyl groups is 2. The molecule has 2 aliphatic heterocycles. The van der Waals surface area contributed by atoms with Crippen LogP contribution in [0.5, 0.6) is 11.5 Å². The topological polar surface area (TPSA) is 125 Å². The van der Waals surface area contributed by atoms with Gasteiger partial charge in [0.05, 0.1) is 36.7 Å². The van der Waals surface area contributed by atoms with E-state index in [1.165, 1.54) is 4.90 Å². The molecule has 52 heavy (non-hydrogen) atoms. The summed E-state index contributed by atoms with van der Waals surface area (Å²) in [5, 5.41) is 21.9. The van der Waals surface area contributed by atoms with Gasteiger partial charge >= 0.3 is 0 Å². The molecule has 2 saturated heterocycles. The smallest absolute Gasteiger partial charge is 0.273 e. The van der Waals surface area contributed by atoms with Crippen molar-refractivity contribution in [1.29, 1.82) is 0 Å². The number of morpholine rings is 1. The number of carbonyl (C=O) groups excluding carboxylic acids is 1. The number of hydrogen-bond donors (Lipinski definition) is 2. The quantitative estimate of drug-likeness (QED) is 0.179. The maximum atomic E-state index is 15.4. The molecule has 2 aliphatic rings. The van der Waals surface area contributed by atoms with E-state index in [2.05, 4.69) is 4.90 Å². The number of anilines is 1. The number of rotatable bonds is 10. The molecule has 2 N–H and O–H groups in total. The number of ether oxygens (including phenoxy) is 1. The van der Waals surface area contributed by atoms with Crippen molar-refractivity contribution in [3.8, 4) is 11.5 Å². The third-order valence-electron chi connectivity index (χ3n) is 9.77. The Balaban J connectivity index is 1.41. The summed E-state index contributed by atoms with van der Waals surface area (Å²) in [7, 11) is -3.99. The van der Waals surface area contributed by atoms with Gasteiger partial charge in [0, 0.05) is 61.7 Å². The van der Waals surface area contributed by atoms with E-state index in [-0.39, 0.29) is 30.5 Å². The lowest BCUT2D eigenvalue weighted by Gasteiger charge is -2.42. The van der Waals surface area contributed by atoms with E-state index in [0.717, 1.165) is 52.6 Å². The van der Waals surface area contributed by atoms with Gasteiger partial charge in [0.2, 0.25) is 0 Å². The number of hydrogen-bond acceptors (Lipinski definition) is 9. The maximum Gasteiger partial charge on any atom is 0.273 e. The summed E-state index contributed by atoms with van der Waals surface area (Å²) in [6.07, 6.45) is -0.160. The zero-order valence-electron chi connectivity index (χ0n) is 28.8. The minimum absolute atomic E-state index is 0.0746. The predicted molar refractivity (Wildman–Crippen MR) is 201 cm³/mol. The second kappa shape index (κ2) is 15.2. The number of piperazine rings is 1. The third-order valence-corrected chi connectivity index (χ3v) is 10.7. The van der Waals surface area contributed by atoms with Gasteiger partial charge < -0.3 is 29.3 Å². The largest absolute Gasteiger partial charge is 0.508 e. The van der Waals surface area contributed by atoms with Crippen LogP contribution in [0.4, 0.5) is 5.69 Å². The van der Waals surface area contributed by atoms with Crippen molar-refractivity contribution in [2.24, 2.45) is 0 Å². The van der Waals surface area contributed by atoms with Gasteiger partial charge in [-0.3, -0.25) is 9.69 Å². The van der Waals surface area contributed by atoms with E-state index in [9.17, 15) is 18.6 Å². The number of amides is 1. The van der Waals surface area contributed by atoms with E-state index in [0.29, 0.717) is 43.6 Å². The monoisotopic (exact) mass is 744 g/mol. The average molecular weight is 745 g/mol. The minimum Gasteiger partial charge on any atom is -0.508 e. The van der Waals surface area contributed by atoms with Crippen LogP contribution < -0.4 is 4.90 Å². The first-order chi connectivity index (χ1) is 25.1. The number of benzene rings is 4. The van der Waals surface area contributed by atoms with Crippen molar-refractivity contribution in [2.45, 2.75) is 18.7 Å². The van der Waals surface area contributed by atoms with Gasteiger partial charge in [-0.05, 0) is 53.6 Å². The summed E-state index contributed by atoms with van der Waals surface area (Å²) in [5.74, 6) is -0.666. The Morgan fingerprint density at radius 3 is 2.10 bits per heavy atom. The normalized spacial score (nSPS) is 17.2. The van der Waals surface area contributed by atoms with Crippen LogP contribution in [0.3, 0.4) is 0 Å². The Hall–Kier alpha value is -4.59. The second-order valence-corrected chi connectivity index (χ2v) is 15.2. The Bertz CT molecular complexity index is 2110. The summed E-state index contributed by atoms with van der Waals surface area (Å²) in [6, 6.07) is 29.0. The van der Waals surface area contributed by atoms with Gasteiger partial charge in [-0.25, -0.2) is 4.18 Å². The fourth-order valence-corrected chi connectivity index (χ4v) is 8.16. The lowest BCUT2D eigenvalue weighted by molar-refractivity contribution is 0.0186. The first-order valence-electron chi connectivity index (χ1n) is 17.2. The molecule has 4 aromatic carbocycles. The molecule has 1 atom stereocenters. The fourth-order valence-electron chi connectivity index (χ4n) is 7.34. The van der Waals surface area contributed by atoms with Gasteiger partial charge in [0.15, 0.2) is 6.23 Å². The van der Waals surface area contributed by atoms with Crippen LogP contribution in [0.2, 0.25) is 5.02 Å². The molecule has 3 heterocycles. The van der Waals surface area contributed by atoms with E-state index in [1.54, 1.807) is 30.3 Å². The van der Waals surface area contributed by atoms with Crippen LogP contribution >= 0.6 is 11.6 Å². The van der Waals surface area contributed by atoms with Gasteiger partial charge in [-0.1, -0.05) is 66.2 Å². The summed E-state index contributed by atoms with van der Waals surface area (Å²) in [4.78, 5) is 21.2. The molecule has 7 rings (SSSR count). The van der Waals surface area contributed by atoms with Crippen molar-refractivity contribution in [3.05, 3.63) is 124 Å². The highest BCUT2D eigenvalue weighted by atomic mass is 35.5. The summed E-state index contributed by atoms with van der Waals surface area (Å²) in [6.45, 7) is 4.58. The van der Waals surface area contributed by atoms with Crippen LogP contribution in [-0.4, -0.2) is 104 Å². The van der Waals surface area contributed by atoms with Gasteiger partial charge in [0.1, 0.15) is 17.2 Å². The standard InChI is InChI=1S/C39H41ClN4O7S/c1-52(48,49)51-35-26-42(34-9-5-3-7-32(34)40)19-21-44(35)39(47)38-37(36(27-10-14-29(45)15-11-27)28-12-16-30(46)17-13-28)31-6-2-4-8-33(31)43(38)20-18-41-22-24-50-25-23-41/h2-17,35-36,45-46H,18-26H2,1H3. The highest BCUT2D eigenvalue weighted by molar-refractivity contribution is 7.86. The lowest BCUT2D eigenvalue weighted by atomic mass is 9.83. The van der Waals surface area contributed by atoms with Gasteiger partial charge in [-0.15, -0.1) is 0 Å². The van der Waals surface area contributed by atoms with Gasteiger partial charge in [0.25, 0.3) is 16.0 Å². The van der Waals surface area contributed by atoms with E-state index in [1.807, 2.05) is 76.2 Å². The Morgan fingerprint density at radius 2 is 1.46 bits per heavy atom. The van der Waals surface area contributed by atoms with Gasteiger partial charge in [-0.2, -0.15) is 8.42 Å². The van der Waals surface area contributed by atoms with E-state index < -0.39 is 22.3 Å². The summed E-state index contributed by atoms with van der Waals surface area (Å²) in [5.41, 5.74) is 4.35. The fraction of sp³-hybridized carbons (Fsp3) is 0.308. The average Bonchev–Trinajstić information content (AvgIpc) is 3.46. The molecule has 11 nitrogen and oxygen atoms in total. The number of para-hydroxylation sites is 2. The highest BCUT2D eigenvalue weighted by Gasteiger charge is 2.39. The molecule has 1 aromatic heterocycles. The Kier molecular flexibility index (Phi) is 10.4. The van der Waals surface area contributed by atoms with Crippen molar-refractivity contribution in [2.75, 3.05) is 63.6 Å². The number of aromatic nitrogens is 1. The van der Waals surface area contributed by atoms with Crippen molar-refractivity contribution in [1.82, 2.24) is 14.4 Å². The zero-order valence-corrected chi connectivity index (χ0v) is 30.3. The van der Waals surface area contributed by atoms with Crippen molar-refractivity contribution >= 4 is 44.2 Å². The molecule has 2 fully saturated rings. The number of nitrogens with zero attached hydrogens (tertiary/aromatic N) is 4. The second-order valence-electron chi connectivity index (χ2n) is 13.2. The van der Waals surface area contributed by atoms with E-state index in [4.69, 9.17) is 20.5 Å². The van der Waals surface area contributed by atoms with Crippen LogP contribution in [-0.2, 0) is 25.6 Å². The molecular formula is C39H41ClN4O7S. The molecule has 13 heteroatoms. The molecule has 272 valence electrons. The highest BCUT2D eigenvalue weighted by Crippen LogP contribution is 2.42. The molecule has 0 radical (unpaired) electrons. The lowest BCUT2D eigenvalue weighted by Crippen LogP contribution is -2.57. The molecule has 0 saturated carbocycles. The molecule has 0 spiro atoms. The van der Waals surface area contributed by atoms with Crippen LogP contribution in [0.25, 0.3) is 10.9 Å². The van der Waals surface area contributed by atoms with Crippen molar-refractivity contribution in [3.63, 3.8) is 0 Å². The predicted octanol–water partition coefficient (Wildman–Crippen LogP) is 5.48. The number of phenols is 2. The first kappa shape index (κ1) is 35.8. The number of carbonyl (C=O) groups is 1. The summed E-state index contributed by atoms with van der Waals surface area (Å²) < 4.78 is 38.8. The first-order valence-corrected chi connectivity index (χ1v) is 19.4. The maximum absolute atomic E-state index is 15.4.